The van der Waals surface area contributed by atoms with Gasteiger partial charge in [0.2, 0.25) is 0 Å². The fourth-order valence-electron chi connectivity index (χ4n) is 1.30. The van der Waals surface area contributed by atoms with Gasteiger partial charge in [-0.3, -0.25) is 0 Å². The minimum absolute atomic E-state index is 0.769. The predicted molar refractivity (Wildman–Crippen MR) is 65.1 cm³/mol. The molecule has 0 saturated heterocycles. The van der Waals surface area contributed by atoms with Crippen molar-refractivity contribution in [1.82, 2.24) is 0 Å². The smallest absolute Gasteiger partial charge is 0.0256 e. The Balaban J connectivity index is 2.22. The third-order valence-corrected chi connectivity index (χ3v) is 2.15. The highest BCUT2D eigenvalue weighted by Crippen LogP contribution is 2.02. The van der Waals surface area contributed by atoms with Crippen molar-refractivity contribution in [3.8, 4) is 17.8 Å². The van der Waals surface area contributed by atoms with Crippen molar-refractivity contribution < 1.29 is 0 Å². The largest absolute Gasteiger partial charge is 0.0622 e. The van der Waals surface area contributed by atoms with Gasteiger partial charge in [-0.05, 0) is 42.8 Å². The molecule has 2 aromatic rings. The lowest BCUT2D eigenvalue weighted by Crippen LogP contribution is -1.77. The fourth-order valence-corrected chi connectivity index (χ4v) is 1.30. The molecular weight excluding hydrogens is 192 g/mol. The van der Waals surface area contributed by atoms with E-state index in [0.29, 0.717) is 0 Å². The molecule has 0 aliphatic rings. The third kappa shape index (κ3) is 2.53. The zero-order valence-electron chi connectivity index (χ0n) is 8.70. The van der Waals surface area contributed by atoms with Crippen LogP contribution in [0.25, 0.3) is 0 Å². The highest BCUT2D eigenvalue weighted by molar-refractivity contribution is 5.44. The first kappa shape index (κ1) is 10.1. The first-order valence-electron chi connectivity index (χ1n) is 4.98. The van der Waals surface area contributed by atoms with Crippen LogP contribution in [0.15, 0.2) is 54.6 Å². The van der Waals surface area contributed by atoms with Gasteiger partial charge in [-0.1, -0.05) is 36.0 Å². The average molecular weight is 201 g/mol. The van der Waals surface area contributed by atoms with E-state index in [1.165, 1.54) is 0 Å². The van der Waals surface area contributed by atoms with Crippen LogP contribution in [0, 0.1) is 24.2 Å². The lowest BCUT2D eigenvalue weighted by Gasteiger charge is -1.91. The second-order valence-corrected chi connectivity index (χ2v) is 3.32. The molecule has 0 amide bonds. The van der Waals surface area contributed by atoms with Gasteiger partial charge < -0.3 is 0 Å². The Morgan fingerprint density at radius 1 is 0.625 bits per heavy atom. The molecule has 0 heteroatoms. The van der Waals surface area contributed by atoms with Crippen molar-refractivity contribution in [2.24, 2.45) is 0 Å². The molecule has 1 radical (unpaired) electrons. The molecule has 0 aromatic heterocycles. The highest BCUT2D eigenvalue weighted by Gasteiger charge is 1.88. The molecule has 0 saturated carbocycles. The van der Waals surface area contributed by atoms with E-state index < -0.39 is 0 Å². The topological polar surface area (TPSA) is 0 Å². The summed E-state index contributed by atoms with van der Waals surface area (Å²) < 4.78 is 0. The normalized spacial score (nSPS) is 8.69. The number of hydrogen-bond donors (Lipinski definition) is 0. The molecule has 0 atom stereocenters. The fraction of sp³-hybridized carbons (Fsp3) is 0. The summed E-state index contributed by atoms with van der Waals surface area (Å²) in [6, 6.07) is 17.3. The monoisotopic (exact) mass is 201 g/mol. The lowest BCUT2D eigenvalue weighted by atomic mass is 10.1. The predicted octanol–water partition coefficient (Wildman–Crippen LogP) is 3.02. The van der Waals surface area contributed by atoms with Gasteiger partial charge in [-0.25, -0.2) is 0 Å². The van der Waals surface area contributed by atoms with E-state index in [2.05, 4.69) is 17.8 Å². The van der Waals surface area contributed by atoms with Gasteiger partial charge in [0, 0.05) is 16.7 Å². The van der Waals surface area contributed by atoms with Crippen molar-refractivity contribution in [2.45, 2.75) is 0 Å². The first-order valence-corrected chi connectivity index (χ1v) is 4.98. The molecule has 0 aliphatic carbocycles. The molecule has 2 rings (SSSR count). The number of rotatable bonds is 0. The van der Waals surface area contributed by atoms with Crippen molar-refractivity contribution in [1.29, 1.82) is 0 Å². The zero-order chi connectivity index (χ0) is 11.2. The maximum Gasteiger partial charge on any atom is 0.0256 e. The summed E-state index contributed by atoms with van der Waals surface area (Å²) in [6.07, 6.45) is 6.96. The van der Waals surface area contributed by atoms with Crippen LogP contribution in [0.3, 0.4) is 0 Å². The van der Waals surface area contributed by atoms with Crippen LogP contribution >= 0.6 is 0 Å². The van der Waals surface area contributed by atoms with E-state index in [0.717, 1.165) is 16.7 Å². The highest BCUT2D eigenvalue weighted by atomic mass is 13.9. The average Bonchev–Trinajstić information content (AvgIpc) is 2.38. The van der Waals surface area contributed by atoms with Gasteiger partial charge >= 0.3 is 0 Å². The Bertz CT molecular complexity index is 557. The van der Waals surface area contributed by atoms with E-state index in [9.17, 15) is 0 Å². The van der Waals surface area contributed by atoms with Gasteiger partial charge in [-0.2, -0.15) is 0 Å². The van der Waals surface area contributed by atoms with Crippen LogP contribution in [0.5, 0.6) is 0 Å². The van der Waals surface area contributed by atoms with Crippen LogP contribution in [0.1, 0.15) is 16.7 Å². The van der Waals surface area contributed by atoms with Crippen LogP contribution in [0.4, 0.5) is 0 Å². The minimum atomic E-state index is 0.769. The zero-order valence-corrected chi connectivity index (χ0v) is 8.70. The molecule has 0 spiro atoms. The van der Waals surface area contributed by atoms with E-state index >= 15 is 0 Å². The van der Waals surface area contributed by atoms with Crippen LogP contribution < -0.4 is 0 Å². The SMILES string of the molecule is [C]#Cc1ccc(C#Cc2ccccc2)cc1. The van der Waals surface area contributed by atoms with E-state index in [1.807, 2.05) is 54.6 Å². The standard InChI is InChI=1S/C16H9/c1-2-14-8-10-16(11-9-14)13-12-15-6-4-3-5-7-15/h3-11H. The Hall–Kier alpha value is -2.44. The summed E-state index contributed by atoms with van der Waals surface area (Å²) in [5.74, 6) is 8.48. The third-order valence-electron chi connectivity index (χ3n) is 2.15. The second kappa shape index (κ2) is 4.87. The summed E-state index contributed by atoms with van der Waals surface area (Å²) >= 11 is 0. The Labute approximate surface area is 95.9 Å². The van der Waals surface area contributed by atoms with Crippen molar-refractivity contribution in [3.05, 3.63) is 77.7 Å². The molecule has 0 heterocycles. The van der Waals surface area contributed by atoms with E-state index in [4.69, 9.17) is 6.42 Å². The lowest BCUT2D eigenvalue weighted by molar-refractivity contribution is 1.59. The molecule has 73 valence electrons. The van der Waals surface area contributed by atoms with Gasteiger partial charge in [0.1, 0.15) is 0 Å². The van der Waals surface area contributed by atoms with E-state index in [-0.39, 0.29) is 0 Å². The first-order chi connectivity index (χ1) is 7.88. The molecule has 0 bridgehead atoms. The Kier molecular flexibility index (Phi) is 3.07. The second-order valence-electron chi connectivity index (χ2n) is 3.32. The summed E-state index contributed by atoms with van der Waals surface area (Å²) in [7, 11) is 0. The number of hydrogen-bond acceptors (Lipinski definition) is 0. The molecule has 0 N–H and O–H groups in total. The molecule has 16 heavy (non-hydrogen) atoms. The number of benzene rings is 2. The van der Waals surface area contributed by atoms with Gasteiger partial charge in [0.25, 0.3) is 0 Å². The van der Waals surface area contributed by atoms with Gasteiger partial charge in [-0.15, -0.1) is 0 Å². The summed E-state index contributed by atoms with van der Waals surface area (Å²) in [5, 5.41) is 0. The molecular formula is C16H9. The molecule has 0 unspecified atom stereocenters. The van der Waals surface area contributed by atoms with Crippen LogP contribution in [-0.4, -0.2) is 0 Å². The molecule has 0 fully saturated rings. The molecule has 2 aromatic carbocycles. The van der Waals surface area contributed by atoms with Crippen molar-refractivity contribution in [2.75, 3.05) is 0 Å². The summed E-state index contributed by atoms with van der Waals surface area (Å²) in [5.41, 5.74) is 2.72. The quantitative estimate of drug-likeness (QED) is 0.575. The van der Waals surface area contributed by atoms with Gasteiger partial charge in [0.05, 0.1) is 0 Å². The minimum Gasteiger partial charge on any atom is -0.0622 e. The van der Waals surface area contributed by atoms with Crippen molar-refractivity contribution in [3.63, 3.8) is 0 Å². The van der Waals surface area contributed by atoms with Gasteiger partial charge in [0.15, 0.2) is 0 Å². The molecule has 0 aliphatic heterocycles. The molecule has 0 nitrogen and oxygen atoms in total. The Morgan fingerprint density at radius 3 is 1.69 bits per heavy atom. The van der Waals surface area contributed by atoms with Crippen LogP contribution in [-0.2, 0) is 0 Å². The maximum absolute atomic E-state index is 6.96. The summed E-state index contributed by atoms with van der Waals surface area (Å²) in [4.78, 5) is 0. The maximum atomic E-state index is 6.96. The Morgan fingerprint density at radius 2 is 1.12 bits per heavy atom. The van der Waals surface area contributed by atoms with E-state index in [1.54, 1.807) is 0 Å². The van der Waals surface area contributed by atoms with Crippen molar-refractivity contribution >= 4 is 0 Å². The van der Waals surface area contributed by atoms with Crippen LogP contribution in [0.2, 0.25) is 0 Å². The summed E-state index contributed by atoms with van der Waals surface area (Å²) in [6.45, 7) is 0.